The summed E-state index contributed by atoms with van der Waals surface area (Å²) in [5, 5.41) is 0. The topological polar surface area (TPSA) is 144 Å². The maximum Gasteiger partial charge on any atom is 0.306 e. The fraction of sp³-hybridized carbons (Fsp3) is 0.800. The van der Waals surface area contributed by atoms with E-state index in [2.05, 4.69) is 26.0 Å². The lowest BCUT2D eigenvalue weighted by Gasteiger charge is -2.23. The fourth-order valence-electron chi connectivity index (χ4n) is 6.23. The molecule has 3 atom stereocenters. The molecule has 1 rings (SSSR count). The summed E-state index contributed by atoms with van der Waals surface area (Å²) in [6.07, 6.45) is 24.6. The molecule has 0 aliphatic carbocycles. The molecule has 0 spiro atoms. The number of unbranched alkanes of at least 4 members (excludes halogenated alkanes) is 14. The smallest absolute Gasteiger partial charge is 0.306 e. The Kier molecular flexibility index (Phi) is 32.6. The molecule has 1 aliphatic heterocycles. The van der Waals surface area contributed by atoms with Crippen LogP contribution in [0.4, 0.5) is 0 Å². The lowest BCUT2D eigenvalue weighted by atomic mass is 10.1. The summed E-state index contributed by atoms with van der Waals surface area (Å²) in [6.45, 7) is 5.63. The van der Waals surface area contributed by atoms with Crippen LogP contribution in [-0.2, 0) is 52.4 Å². The van der Waals surface area contributed by atoms with Crippen molar-refractivity contribution in [1.29, 1.82) is 0 Å². The monoisotopic (exact) mass is 808 g/mol. The van der Waals surface area contributed by atoms with Gasteiger partial charge in [-0.3, -0.25) is 24.0 Å². The van der Waals surface area contributed by atoms with Crippen LogP contribution in [0.15, 0.2) is 24.3 Å². The minimum absolute atomic E-state index is 0.0214. The minimum atomic E-state index is -0.905. The molecule has 57 heavy (non-hydrogen) atoms. The van der Waals surface area contributed by atoms with Gasteiger partial charge >= 0.3 is 29.8 Å². The molecule has 0 unspecified atom stereocenters. The Morgan fingerprint density at radius 2 is 0.965 bits per heavy atom. The zero-order valence-electron chi connectivity index (χ0n) is 36.0. The third-order valence-electron chi connectivity index (χ3n) is 9.64. The molecule has 1 heterocycles. The second-order valence-corrected chi connectivity index (χ2v) is 15.3. The standard InChI is InChI=1S/C45H77NO11/c1-5-7-9-11-13-19-25-34-52-40(47)28-21-15-17-23-30-43(50)56-39-37-54-38(36-55-42(49)32-27-33-46(3)4)45(39)57-44(51)31-24-18-16-22-29-41(48)53-35-26-20-14-12-10-8-6-2/h19-20,25-26,38-39,45H,5-18,21-24,27-37H2,1-4H3/b25-19-,26-20-/t38-,39+,45+/m1/s1. The minimum Gasteiger partial charge on any atom is -0.463 e. The van der Waals surface area contributed by atoms with Gasteiger partial charge in [0.15, 0.2) is 12.2 Å². The first-order valence-corrected chi connectivity index (χ1v) is 22.1. The van der Waals surface area contributed by atoms with E-state index in [4.69, 9.17) is 28.4 Å². The number of rotatable bonds is 36. The van der Waals surface area contributed by atoms with Crippen LogP contribution >= 0.6 is 0 Å². The molecule has 0 radical (unpaired) electrons. The van der Waals surface area contributed by atoms with Crippen molar-refractivity contribution in [1.82, 2.24) is 4.90 Å². The van der Waals surface area contributed by atoms with Gasteiger partial charge < -0.3 is 33.3 Å². The molecule has 0 amide bonds. The van der Waals surface area contributed by atoms with Gasteiger partial charge in [-0.1, -0.05) is 102 Å². The van der Waals surface area contributed by atoms with E-state index in [1.54, 1.807) is 0 Å². The Balaban J connectivity index is 2.42. The molecule has 12 heteroatoms. The molecule has 0 N–H and O–H groups in total. The maximum atomic E-state index is 12.9. The number of hydrogen-bond donors (Lipinski definition) is 0. The van der Waals surface area contributed by atoms with Gasteiger partial charge in [0, 0.05) is 32.1 Å². The summed E-state index contributed by atoms with van der Waals surface area (Å²) >= 11 is 0. The summed E-state index contributed by atoms with van der Waals surface area (Å²) < 4.78 is 33.3. The second-order valence-electron chi connectivity index (χ2n) is 15.3. The van der Waals surface area contributed by atoms with E-state index in [0.717, 1.165) is 57.9 Å². The first-order valence-electron chi connectivity index (χ1n) is 22.1. The van der Waals surface area contributed by atoms with E-state index < -0.39 is 30.3 Å². The lowest BCUT2D eigenvalue weighted by molar-refractivity contribution is -0.168. The molecule has 12 nitrogen and oxygen atoms in total. The van der Waals surface area contributed by atoms with Gasteiger partial charge in [0.1, 0.15) is 25.9 Å². The number of allylic oxidation sites excluding steroid dienone is 2. The average molecular weight is 808 g/mol. The third kappa shape index (κ3) is 30.5. The van der Waals surface area contributed by atoms with Gasteiger partial charge in [-0.25, -0.2) is 0 Å². The van der Waals surface area contributed by atoms with Crippen LogP contribution in [0.5, 0.6) is 0 Å². The number of carbonyl (C=O) groups is 5. The highest BCUT2D eigenvalue weighted by atomic mass is 16.6. The van der Waals surface area contributed by atoms with Crippen LogP contribution in [0.2, 0.25) is 0 Å². The molecule has 1 aliphatic rings. The average Bonchev–Trinajstić information content (AvgIpc) is 3.55. The Hall–Kier alpha value is -3.25. The highest BCUT2D eigenvalue weighted by Crippen LogP contribution is 2.24. The van der Waals surface area contributed by atoms with Crippen molar-refractivity contribution >= 4 is 29.8 Å². The summed E-state index contributed by atoms with van der Waals surface area (Å²) in [4.78, 5) is 64.1. The Labute approximate surface area is 344 Å². The molecule has 328 valence electrons. The molecule has 0 aromatic carbocycles. The second kappa shape index (κ2) is 35.9. The molecular formula is C45H77NO11. The number of carbonyl (C=O) groups excluding carboxylic acids is 5. The molecule has 0 bridgehead atoms. The van der Waals surface area contributed by atoms with Crippen molar-refractivity contribution in [3.8, 4) is 0 Å². The van der Waals surface area contributed by atoms with Crippen molar-refractivity contribution in [2.45, 2.75) is 186 Å². The van der Waals surface area contributed by atoms with E-state index in [9.17, 15) is 24.0 Å². The van der Waals surface area contributed by atoms with Gasteiger partial charge in [-0.05, 0) is 78.4 Å². The first-order chi connectivity index (χ1) is 27.7. The van der Waals surface area contributed by atoms with E-state index >= 15 is 0 Å². The Bertz CT molecular complexity index is 1140. The summed E-state index contributed by atoms with van der Waals surface area (Å²) in [6, 6.07) is 0. The van der Waals surface area contributed by atoms with Crippen LogP contribution in [-0.4, -0.2) is 100 Å². The van der Waals surface area contributed by atoms with Crippen molar-refractivity contribution in [2.24, 2.45) is 0 Å². The number of hydrogen-bond acceptors (Lipinski definition) is 12. The van der Waals surface area contributed by atoms with Crippen molar-refractivity contribution < 1.29 is 52.4 Å². The summed E-state index contributed by atoms with van der Waals surface area (Å²) in [5.41, 5.74) is 0. The maximum absolute atomic E-state index is 12.9. The summed E-state index contributed by atoms with van der Waals surface area (Å²) in [7, 11) is 3.86. The zero-order chi connectivity index (χ0) is 41.8. The van der Waals surface area contributed by atoms with E-state index in [1.807, 2.05) is 31.1 Å². The number of nitrogens with zero attached hydrogens (tertiary/aromatic N) is 1. The molecule has 0 aromatic heterocycles. The van der Waals surface area contributed by atoms with Crippen LogP contribution in [0, 0.1) is 0 Å². The number of ether oxygens (including phenoxy) is 6. The van der Waals surface area contributed by atoms with Crippen molar-refractivity contribution in [3.05, 3.63) is 24.3 Å². The van der Waals surface area contributed by atoms with E-state index in [0.29, 0.717) is 58.2 Å². The Morgan fingerprint density at radius 3 is 1.46 bits per heavy atom. The van der Waals surface area contributed by atoms with Crippen LogP contribution in [0.25, 0.3) is 0 Å². The molecule has 1 fully saturated rings. The molecule has 0 aromatic rings. The van der Waals surface area contributed by atoms with E-state index in [-0.39, 0.29) is 50.4 Å². The Morgan fingerprint density at radius 1 is 0.526 bits per heavy atom. The largest absolute Gasteiger partial charge is 0.463 e. The molecule has 1 saturated heterocycles. The van der Waals surface area contributed by atoms with Crippen LogP contribution < -0.4 is 0 Å². The normalized spacial score (nSPS) is 16.7. The number of esters is 5. The van der Waals surface area contributed by atoms with Gasteiger partial charge in [0.25, 0.3) is 0 Å². The van der Waals surface area contributed by atoms with Crippen LogP contribution in [0.3, 0.4) is 0 Å². The highest BCUT2D eigenvalue weighted by molar-refractivity contribution is 5.71. The predicted octanol–water partition coefficient (Wildman–Crippen LogP) is 8.91. The van der Waals surface area contributed by atoms with Crippen LogP contribution in [0.1, 0.15) is 168 Å². The van der Waals surface area contributed by atoms with Crippen molar-refractivity contribution in [3.63, 3.8) is 0 Å². The van der Waals surface area contributed by atoms with E-state index in [1.165, 1.54) is 38.5 Å². The highest BCUT2D eigenvalue weighted by Gasteiger charge is 2.43. The van der Waals surface area contributed by atoms with Gasteiger partial charge in [0.2, 0.25) is 0 Å². The quantitative estimate of drug-likeness (QED) is 0.0258. The van der Waals surface area contributed by atoms with Gasteiger partial charge in [-0.15, -0.1) is 0 Å². The molecular weight excluding hydrogens is 730 g/mol. The summed E-state index contributed by atoms with van der Waals surface area (Å²) in [5.74, 6) is -1.69. The van der Waals surface area contributed by atoms with Gasteiger partial charge in [-0.2, -0.15) is 0 Å². The SMILES string of the molecule is CCCCCC/C=C\COC(=O)CCCCCCC(=O)O[C@@H]1[C@@H](OC(=O)CCCCCCC(=O)OC/C=C\CCCCCC)CO[C@@H]1COC(=O)CCCN(C)C. The predicted molar refractivity (Wildman–Crippen MR) is 221 cm³/mol. The van der Waals surface area contributed by atoms with Crippen molar-refractivity contribution in [2.75, 3.05) is 47.1 Å². The third-order valence-corrected chi connectivity index (χ3v) is 9.64. The fourth-order valence-corrected chi connectivity index (χ4v) is 6.23. The first kappa shape index (κ1) is 51.8. The lowest BCUT2D eigenvalue weighted by Crippen LogP contribution is -2.40. The van der Waals surface area contributed by atoms with Gasteiger partial charge in [0.05, 0.1) is 6.61 Å². The molecule has 0 saturated carbocycles. The zero-order valence-corrected chi connectivity index (χ0v) is 36.0.